The minimum absolute atomic E-state index is 0.0411. The van der Waals surface area contributed by atoms with Gasteiger partial charge in [-0.25, -0.2) is 4.79 Å². The molecule has 0 spiro atoms. The molecule has 3 aromatic carbocycles. The molecule has 31 heavy (non-hydrogen) atoms. The summed E-state index contributed by atoms with van der Waals surface area (Å²) in [6.07, 6.45) is -3.92. The number of carbonyl (C=O) groups is 1. The van der Waals surface area contributed by atoms with Gasteiger partial charge in [-0.15, -0.1) is 0 Å². The van der Waals surface area contributed by atoms with Gasteiger partial charge in [0.1, 0.15) is 28.6 Å². The van der Waals surface area contributed by atoms with Gasteiger partial charge < -0.3 is 35.0 Å². The molecule has 8 nitrogen and oxygen atoms in total. The number of carboxylic acids is 1. The van der Waals surface area contributed by atoms with Crippen molar-refractivity contribution < 1.29 is 39.8 Å². The number of ether oxygens (including phenoxy) is 2. The molecule has 5 N–H and O–H groups in total. The van der Waals surface area contributed by atoms with Crippen molar-refractivity contribution >= 4 is 21.9 Å². The smallest absolute Gasteiger partial charge is 0.343 e. The van der Waals surface area contributed by atoms with E-state index in [2.05, 4.69) is 15.9 Å². The van der Waals surface area contributed by atoms with Crippen molar-refractivity contribution in [2.45, 2.75) is 19.5 Å². The molecular formula is C22H19BrO8. The van der Waals surface area contributed by atoms with Crippen LogP contribution >= 0.6 is 15.9 Å². The molecule has 0 saturated heterocycles. The highest BCUT2D eigenvalue weighted by Gasteiger charge is 2.21. The molecule has 0 atom stereocenters. The summed E-state index contributed by atoms with van der Waals surface area (Å²) in [7, 11) is 0. The molecule has 0 bridgehead atoms. The Morgan fingerprint density at radius 3 is 2.06 bits per heavy atom. The second kappa shape index (κ2) is 9.46. The third-order valence-corrected chi connectivity index (χ3v) is 4.97. The predicted molar refractivity (Wildman–Crippen MR) is 113 cm³/mol. The maximum atomic E-state index is 12.0. The highest BCUT2D eigenvalue weighted by molar-refractivity contribution is 9.10. The summed E-state index contributed by atoms with van der Waals surface area (Å²) in [5, 5.41) is 47.5. The first-order valence-corrected chi connectivity index (χ1v) is 9.81. The largest absolute Gasteiger partial charge is 0.477 e. The highest BCUT2D eigenvalue weighted by Crippen LogP contribution is 2.38. The van der Waals surface area contributed by atoms with Crippen LogP contribution in [0.25, 0.3) is 0 Å². The van der Waals surface area contributed by atoms with E-state index in [0.717, 1.165) is 5.56 Å². The number of hydrogen-bond acceptors (Lipinski definition) is 7. The first kappa shape index (κ1) is 22.7. The van der Waals surface area contributed by atoms with Gasteiger partial charge in [-0.05, 0) is 70.9 Å². The second-order valence-electron chi connectivity index (χ2n) is 6.61. The number of aliphatic hydroxyl groups is 4. The number of benzene rings is 3. The van der Waals surface area contributed by atoms with Crippen LogP contribution in [0.4, 0.5) is 0 Å². The van der Waals surface area contributed by atoms with Crippen LogP contribution in [0, 0.1) is 6.92 Å². The van der Waals surface area contributed by atoms with Crippen molar-refractivity contribution in [3.8, 4) is 23.0 Å². The lowest BCUT2D eigenvalue weighted by Crippen LogP contribution is -2.07. The topological polar surface area (TPSA) is 137 Å². The maximum absolute atomic E-state index is 12.0. The number of hydrogen-bond donors (Lipinski definition) is 5. The van der Waals surface area contributed by atoms with Gasteiger partial charge in [0.2, 0.25) is 0 Å². The maximum Gasteiger partial charge on any atom is 0.343 e. The molecule has 0 amide bonds. The van der Waals surface area contributed by atoms with Gasteiger partial charge in [0.25, 0.3) is 0 Å². The summed E-state index contributed by atoms with van der Waals surface area (Å²) in [6.45, 7) is 1.91. The number of aliphatic hydroxyl groups excluding tert-OH is 2. The van der Waals surface area contributed by atoms with Crippen LogP contribution in [0.1, 0.15) is 39.6 Å². The fourth-order valence-corrected chi connectivity index (χ4v) is 3.48. The SMILES string of the molecule is Cc1ccc(Oc2cccc(Oc3ccc(C(O)O)c(C(O)O)c3)c2C(=O)O)c(Br)c1. The van der Waals surface area contributed by atoms with E-state index < -0.39 is 18.5 Å². The third kappa shape index (κ3) is 5.22. The summed E-state index contributed by atoms with van der Waals surface area (Å²) in [4.78, 5) is 12.0. The number of aryl methyl sites for hydroxylation is 1. The van der Waals surface area contributed by atoms with E-state index in [0.29, 0.717) is 10.2 Å². The Hall–Kier alpha value is -2.95. The lowest BCUT2D eigenvalue weighted by molar-refractivity contribution is -0.0635. The van der Waals surface area contributed by atoms with E-state index in [1.54, 1.807) is 12.1 Å². The van der Waals surface area contributed by atoms with E-state index in [9.17, 15) is 30.3 Å². The highest BCUT2D eigenvalue weighted by atomic mass is 79.9. The minimum atomic E-state index is -1.99. The van der Waals surface area contributed by atoms with E-state index in [4.69, 9.17) is 9.47 Å². The summed E-state index contributed by atoms with van der Waals surface area (Å²) in [5.41, 5.74) is 0.433. The van der Waals surface area contributed by atoms with E-state index in [-0.39, 0.29) is 33.9 Å². The fraction of sp³-hybridized carbons (Fsp3) is 0.136. The molecule has 3 aromatic rings. The van der Waals surface area contributed by atoms with Crippen LogP contribution < -0.4 is 9.47 Å². The Morgan fingerprint density at radius 1 is 0.839 bits per heavy atom. The summed E-state index contributed by atoms with van der Waals surface area (Å²) < 4.78 is 12.1. The molecular weight excluding hydrogens is 472 g/mol. The molecule has 9 heteroatoms. The zero-order valence-corrected chi connectivity index (χ0v) is 17.8. The van der Waals surface area contributed by atoms with Crippen molar-refractivity contribution in [3.63, 3.8) is 0 Å². The van der Waals surface area contributed by atoms with Gasteiger partial charge in [-0.3, -0.25) is 0 Å². The van der Waals surface area contributed by atoms with Gasteiger partial charge in [0.15, 0.2) is 12.6 Å². The lowest BCUT2D eigenvalue weighted by atomic mass is 10.1. The Morgan fingerprint density at radius 2 is 1.48 bits per heavy atom. The molecule has 0 aliphatic heterocycles. The van der Waals surface area contributed by atoms with Crippen LogP contribution in [0.2, 0.25) is 0 Å². The molecule has 0 saturated carbocycles. The monoisotopic (exact) mass is 490 g/mol. The van der Waals surface area contributed by atoms with E-state index in [1.165, 1.54) is 30.3 Å². The molecule has 162 valence electrons. The first-order valence-electron chi connectivity index (χ1n) is 9.01. The average Bonchev–Trinajstić information content (AvgIpc) is 2.69. The Balaban J connectivity index is 2.00. The van der Waals surface area contributed by atoms with Crippen molar-refractivity contribution in [1.82, 2.24) is 0 Å². The number of carboxylic acid groups (broad SMARTS) is 1. The quantitative estimate of drug-likeness (QED) is 0.313. The summed E-state index contributed by atoms with van der Waals surface area (Å²) in [6, 6.07) is 13.6. The molecule has 0 aromatic heterocycles. The van der Waals surface area contributed by atoms with Crippen LogP contribution in [0.15, 0.2) is 59.1 Å². The molecule has 0 unspecified atom stereocenters. The number of rotatable bonds is 7. The Bertz CT molecular complexity index is 1110. The molecule has 3 rings (SSSR count). The third-order valence-electron chi connectivity index (χ3n) is 4.35. The van der Waals surface area contributed by atoms with Crippen LogP contribution in [-0.4, -0.2) is 31.5 Å². The van der Waals surface area contributed by atoms with Gasteiger partial charge in [-0.1, -0.05) is 12.1 Å². The van der Waals surface area contributed by atoms with Crippen LogP contribution in [0.5, 0.6) is 23.0 Å². The Labute approximate surface area is 185 Å². The number of halogens is 1. The standard InChI is InChI=1S/C22H19BrO8/c1-11-5-8-16(15(23)9-11)31-18-4-2-3-17(19(18)22(28)29)30-12-6-7-13(20(24)25)14(10-12)21(26)27/h2-10,20-21,24-27H,1H3,(H,28,29). The summed E-state index contributed by atoms with van der Waals surface area (Å²) in [5.74, 6) is -0.831. The van der Waals surface area contributed by atoms with Crippen molar-refractivity contribution in [3.05, 3.63) is 81.3 Å². The molecule has 0 aliphatic rings. The minimum Gasteiger partial charge on any atom is -0.477 e. The molecule has 0 aliphatic carbocycles. The van der Waals surface area contributed by atoms with Crippen molar-refractivity contribution in [2.75, 3.05) is 0 Å². The molecule has 0 radical (unpaired) electrons. The van der Waals surface area contributed by atoms with Gasteiger partial charge in [0, 0.05) is 11.1 Å². The molecule has 0 fully saturated rings. The average molecular weight is 491 g/mol. The first-order chi connectivity index (χ1) is 14.7. The van der Waals surface area contributed by atoms with Crippen LogP contribution in [0.3, 0.4) is 0 Å². The Kier molecular flexibility index (Phi) is 6.94. The van der Waals surface area contributed by atoms with Crippen molar-refractivity contribution in [2.24, 2.45) is 0 Å². The second-order valence-corrected chi connectivity index (χ2v) is 7.46. The molecule has 0 heterocycles. The zero-order valence-electron chi connectivity index (χ0n) is 16.2. The predicted octanol–water partition coefficient (Wildman–Crippen LogP) is 4.01. The summed E-state index contributed by atoms with van der Waals surface area (Å²) >= 11 is 3.39. The number of aromatic carboxylic acids is 1. The lowest BCUT2D eigenvalue weighted by Gasteiger charge is -2.17. The zero-order chi connectivity index (χ0) is 22.7. The normalized spacial score (nSPS) is 11.1. The van der Waals surface area contributed by atoms with Crippen molar-refractivity contribution in [1.29, 1.82) is 0 Å². The fourth-order valence-electron chi connectivity index (χ4n) is 2.90. The van der Waals surface area contributed by atoms with E-state index >= 15 is 0 Å². The van der Waals surface area contributed by atoms with Gasteiger partial charge >= 0.3 is 5.97 Å². The van der Waals surface area contributed by atoms with Crippen LogP contribution in [-0.2, 0) is 0 Å². The van der Waals surface area contributed by atoms with E-state index in [1.807, 2.05) is 19.1 Å². The van der Waals surface area contributed by atoms with Gasteiger partial charge in [-0.2, -0.15) is 0 Å². The van der Waals surface area contributed by atoms with Gasteiger partial charge in [0.05, 0.1) is 4.47 Å².